The van der Waals surface area contributed by atoms with Gasteiger partial charge in [-0.05, 0) is 53.9 Å². The summed E-state index contributed by atoms with van der Waals surface area (Å²) in [4.78, 5) is 24.8. The summed E-state index contributed by atoms with van der Waals surface area (Å²) in [7, 11) is 1.69. The fraction of sp³-hybridized carbons (Fsp3) is 0.462. The standard InChI is InChI=1S/C26H31BrN4O3S/c1-3-34-23-17-24-22(16-21(23)27)28-26(35-24)31-9-7-18(8-10-31)25(32)30-13-11-29(12-14-30)19-5-4-6-20(15-19)33-2/h4-6,15-18H,3,7-14H2,1-2H3. The minimum absolute atomic E-state index is 0.0997. The average Bonchev–Trinajstić information content (AvgIpc) is 3.31. The lowest BCUT2D eigenvalue weighted by Crippen LogP contribution is -2.51. The molecule has 0 aliphatic carbocycles. The summed E-state index contributed by atoms with van der Waals surface area (Å²) in [5.41, 5.74) is 2.13. The maximum atomic E-state index is 13.3. The molecule has 0 spiro atoms. The number of benzene rings is 2. The van der Waals surface area contributed by atoms with Gasteiger partial charge in [0.05, 0.1) is 28.4 Å². The average molecular weight is 560 g/mol. The molecule has 186 valence electrons. The number of methoxy groups -OCH3 is 1. The summed E-state index contributed by atoms with van der Waals surface area (Å²) in [6.07, 6.45) is 1.75. The normalized spacial score (nSPS) is 17.2. The topological polar surface area (TPSA) is 58.1 Å². The van der Waals surface area contributed by atoms with E-state index in [4.69, 9.17) is 14.5 Å². The van der Waals surface area contributed by atoms with Crippen LogP contribution >= 0.6 is 27.3 Å². The minimum atomic E-state index is 0.0997. The number of thiazole rings is 1. The van der Waals surface area contributed by atoms with Crippen molar-refractivity contribution in [3.63, 3.8) is 0 Å². The number of hydrogen-bond acceptors (Lipinski definition) is 7. The maximum Gasteiger partial charge on any atom is 0.225 e. The molecule has 35 heavy (non-hydrogen) atoms. The van der Waals surface area contributed by atoms with E-state index >= 15 is 0 Å². The molecule has 2 aliphatic rings. The van der Waals surface area contributed by atoms with Gasteiger partial charge in [0.1, 0.15) is 11.5 Å². The number of piperazine rings is 1. The van der Waals surface area contributed by atoms with Crippen LogP contribution in [0.15, 0.2) is 40.9 Å². The van der Waals surface area contributed by atoms with Crippen molar-refractivity contribution in [2.45, 2.75) is 19.8 Å². The number of hydrogen-bond donors (Lipinski definition) is 0. The highest BCUT2D eigenvalue weighted by atomic mass is 79.9. The highest BCUT2D eigenvalue weighted by Gasteiger charge is 2.31. The second-order valence-electron chi connectivity index (χ2n) is 8.95. The van der Waals surface area contributed by atoms with Crippen LogP contribution in [0, 0.1) is 5.92 Å². The molecular weight excluding hydrogens is 528 g/mol. The third-order valence-electron chi connectivity index (χ3n) is 6.86. The number of anilines is 2. The number of piperidine rings is 1. The molecule has 0 unspecified atom stereocenters. The SMILES string of the molecule is CCOc1cc2sc(N3CCC(C(=O)N4CCN(c5cccc(OC)c5)CC4)CC3)nc2cc1Br. The first kappa shape index (κ1) is 24.2. The molecule has 2 saturated heterocycles. The summed E-state index contributed by atoms with van der Waals surface area (Å²) in [6, 6.07) is 12.2. The van der Waals surface area contributed by atoms with Crippen molar-refractivity contribution in [2.24, 2.45) is 5.92 Å². The van der Waals surface area contributed by atoms with Crippen molar-refractivity contribution < 1.29 is 14.3 Å². The van der Waals surface area contributed by atoms with E-state index in [-0.39, 0.29) is 5.92 Å². The van der Waals surface area contributed by atoms with Crippen LogP contribution in [0.5, 0.6) is 11.5 Å². The van der Waals surface area contributed by atoms with Crippen LogP contribution < -0.4 is 19.3 Å². The van der Waals surface area contributed by atoms with Crippen LogP contribution in [0.3, 0.4) is 0 Å². The molecule has 1 amide bonds. The smallest absolute Gasteiger partial charge is 0.225 e. The van der Waals surface area contributed by atoms with Gasteiger partial charge >= 0.3 is 0 Å². The molecule has 7 nitrogen and oxygen atoms in total. The van der Waals surface area contributed by atoms with Crippen LogP contribution in [-0.4, -0.2) is 68.8 Å². The molecule has 0 radical (unpaired) electrons. The summed E-state index contributed by atoms with van der Waals surface area (Å²) in [5.74, 6) is 2.13. The van der Waals surface area contributed by atoms with Crippen molar-refractivity contribution >= 4 is 54.2 Å². The predicted octanol–water partition coefficient (Wildman–Crippen LogP) is 5.03. The minimum Gasteiger partial charge on any atom is -0.497 e. The molecule has 1 aromatic heterocycles. The molecule has 2 fully saturated rings. The van der Waals surface area contributed by atoms with Crippen molar-refractivity contribution in [2.75, 3.05) is 62.8 Å². The Kier molecular flexibility index (Phi) is 7.34. The van der Waals surface area contributed by atoms with Crippen LogP contribution in [-0.2, 0) is 4.79 Å². The Labute approximate surface area is 218 Å². The lowest BCUT2D eigenvalue weighted by atomic mass is 9.95. The molecule has 0 atom stereocenters. The Morgan fingerprint density at radius 2 is 1.86 bits per heavy atom. The predicted molar refractivity (Wildman–Crippen MR) is 145 cm³/mol. The van der Waals surface area contributed by atoms with Crippen molar-refractivity contribution in [3.8, 4) is 11.5 Å². The zero-order valence-corrected chi connectivity index (χ0v) is 22.6. The zero-order valence-electron chi connectivity index (χ0n) is 20.2. The molecule has 3 heterocycles. The van der Waals surface area contributed by atoms with Gasteiger partial charge in [0, 0.05) is 63.0 Å². The van der Waals surface area contributed by atoms with Crippen molar-refractivity contribution in [3.05, 3.63) is 40.9 Å². The van der Waals surface area contributed by atoms with E-state index in [1.807, 2.05) is 25.1 Å². The van der Waals surface area contributed by atoms with E-state index in [1.54, 1.807) is 18.4 Å². The number of nitrogens with zero attached hydrogens (tertiary/aromatic N) is 4. The number of ether oxygens (including phenoxy) is 2. The van der Waals surface area contributed by atoms with E-state index in [1.165, 1.54) is 0 Å². The molecule has 9 heteroatoms. The first-order valence-corrected chi connectivity index (χ1v) is 13.8. The van der Waals surface area contributed by atoms with Gasteiger partial charge in [-0.15, -0.1) is 0 Å². The fourth-order valence-corrected chi connectivity index (χ4v) is 6.36. The van der Waals surface area contributed by atoms with E-state index in [2.05, 4.69) is 48.8 Å². The molecular formula is C26H31BrN4O3S. The largest absolute Gasteiger partial charge is 0.497 e. The van der Waals surface area contributed by atoms with Crippen LogP contribution in [0.25, 0.3) is 10.2 Å². The Balaban J connectivity index is 1.16. The summed E-state index contributed by atoms with van der Waals surface area (Å²) in [5, 5.41) is 1.03. The zero-order chi connectivity index (χ0) is 24.4. The Hall–Kier alpha value is -2.52. The highest BCUT2D eigenvalue weighted by molar-refractivity contribution is 9.10. The van der Waals surface area contributed by atoms with Crippen molar-refractivity contribution in [1.29, 1.82) is 0 Å². The number of rotatable bonds is 6. The van der Waals surface area contributed by atoms with Crippen LogP contribution in [0.4, 0.5) is 10.8 Å². The van der Waals surface area contributed by atoms with Crippen LogP contribution in [0.1, 0.15) is 19.8 Å². The monoisotopic (exact) mass is 558 g/mol. The van der Waals surface area contributed by atoms with E-state index in [9.17, 15) is 4.79 Å². The summed E-state index contributed by atoms with van der Waals surface area (Å²) in [6.45, 7) is 7.58. The molecule has 0 bridgehead atoms. The van der Waals surface area contributed by atoms with Gasteiger partial charge in [-0.3, -0.25) is 4.79 Å². The lowest BCUT2D eigenvalue weighted by Gasteiger charge is -2.39. The lowest BCUT2D eigenvalue weighted by molar-refractivity contribution is -0.136. The molecule has 2 aromatic carbocycles. The van der Waals surface area contributed by atoms with Gasteiger partial charge in [0.25, 0.3) is 0 Å². The number of aromatic nitrogens is 1. The quantitative estimate of drug-likeness (QED) is 0.423. The van der Waals surface area contributed by atoms with Crippen molar-refractivity contribution in [1.82, 2.24) is 9.88 Å². The van der Waals surface area contributed by atoms with Gasteiger partial charge < -0.3 is 24.2 Å². The van der Waals surface area contributed by atoms with Crippen LogP contribution in [0.2, 0.25) is 0 Å². The van der Waals surface area contributed by atoms with E-state index in [0.29, 0.717) is 12.5 Å². The third-order valence-corrected chi connectivity index (χ3v) is 8.55. The number of fused-ring (bicyclic) bond motifs is 1. The highest BCUT2D eigenvalue weighted by Crippen LogP contribution is 2.37. The maximum absolute atomic E-state index is 13.3. The number of halogens is 1. The van der Waals surface area contributed by atoms with Gasteiger partial charge in [0.15, 0.2) is 5.13 Å². The number of amides is 1. The molecule has 5 rings (SSSR count). The molecule has 2 aliphatic heterocycles. The van der Waals surface area contributed by atoms with E-state index < -0.39 is 0 Å². The number of carbonyl (C=O) groups excluding carboxylic acids is 1. The van der Waals surface area contributed by atoms with Gasteiger partial charge in [-0.25, -0.2) is 4.98 Å². The fourth-order valence-electron chi connectivity index (χ4n) is 4.89. The van der Waals surface area contributed by atoms with Gasteiger partial charge in [-0.1, -0.05) is 17.4 Å². The van der Waals surface area contributed by atoms with E-state index in [0.717, 1.165) is 89.1 Å². The number of carbonyl (C=O) groups is 1. The molecule has 0 saturated carbocycles. The first-order valence-electron chi connectivity index (χ1n) is 12.2. The second-order valence-corrected chi connectivity index (χ2v) is 10.8. The summed E-state index contributed by atoms with van der Waals surface area (Å²) >= 11 is 5.28. The second kappa shape index (κ2) is 10.6. The molecule has 3 aromatic rings. The Morgan fingerprint density at radius 1 is 1.09 bits per heavy atom. The summed E-state index contributed by atoms with van der Waals surface area (Å²) < 4.78 is 13.1. The molecule has 0 N–H and O–H groups in total. The van der Waals surface area contributed by atoms with Gasteiger partial charge in [-0.2, -0.15) is 0 Å². The van der Waals surface area contributed by atoms with Gasteiger partial charge in [0.2, 0.25) is 5.91 Å². The first-order chi connectivity index (χ1) is 17.1. The Bertz CT molecular complexity index is 1190. The Morgan fingerprint density at radius 3 is 2.57 bits per heavy atom. The third kappa shape index (κ3) is 5.21.